The van der Waals surface area contributed by atoms with Crippen LogP contribution in [0.1, 0.15) is 40.7 Å². The van der Waals surface area contributed by atoms with E-state index < -0.39 is 0 Å². The van der Waals surface area contributed by atoms with E-state index in [-0.39, 0.29) is 17.5 Å². The number of rotatable bonds is 6. The minimum atomic E-state index is -0.244. The van der Waals surface area contributed by atoms with Crippen LogP contribution in [-0.4, -0.2) is 18.0 Å². The Balaban J connectivity index is 2.59. The number of ether oxygens (including phenoxy) is 1. The highest BCUT2D eigenvalue weighted by Crippen LogP contribution is 2.38. The van der Waals surface area contributed by atoms with Gasteiger partial charge in [0, 0.05) is 22.4 Å². The van der Waals surface area contributed by atoms with Gasteiger partial charge in [-0.25, -0.2) is 0 Å². The van der Waals surface area contributed by atoms with Gasteiger partial charge in [-0.1, -0.05) is 41.1 Å². The molecule has 2 rings (SSSR count). The monoisotopic (exact) mass is 374 g/mol. The summed E-state index contributed by atoms with van der Waals surface area (Å²) in [6.45, 7) is 5.66. The van der Waals surface area contributed by atoms with Crippen LogP contribution >= 0.6 is 15.9 Å². The molecule has 1 N–H and O–H groups in total. The van der Waals surface area contributed by atoms with Crippen LogP contribution in [0.3, 0.4) is 0 Å². The highest BCUT2D eigenvalue weighted by Gasteiger charge is 2.21. The van der Waals surface area contributed by atoms with Crippen LogP contribution in [0.25, 0.3) is 0 Å². The summed E-state index contributed by atoms with van der Waals surface area (Å²) in [6.07, 6.45) is 2.08. The highest BCUT2D eigenvalue weighted by molar-refractivity contribution is 9.10. The van der Waals surface area contributed by atoms with Crippen molar-refractivity contribution in [2.24, 2.45) is 0 Å². The number of Topliss-reactive ketones (excluding diaryl/α,β-unsaturated/α-hetero) is 1. The first-order valence-electron chi connectivity index (χ1n) is 7.33. The summed E-state index contributed by atoms with van der Waals surface area (Å²) in [5.74, 6) is 0.394. The van der Waals surface area contributed by atoms with Crippen molar-refractivity contribution in [3.63, 3.8) is 0 Å². The largest absolute Gasteiger partial charge is 0.507 e. The number of phenols is 1. The molecule has 0 aliphatic rings. The normalized spacial score (nSPS) is 11.8. The van der Waals surface area contributed by atoms with Crippen LogP contribution in [0.15, 0.2) is 53.5 Å². The van der Waals surface area contributed by atoms with Crippen molar-refractivity contribution in [2.45, 2.75) is 19.3 Å². The molecule has 0 aliphatic carbocycles. The first kappa shape index (κ1) is 17.3. The fourth-order valence-electron chi connectivity index (χ4n) is 2.54. The molecular formula is C19H19BrO3. The molecule has 0 fully saturated rings. The summed E-state index contributed by atoms with van der Waals surface area (Å²) in [7, 11) is 1.61. The van der Waals surface area contributed by atoms with Gasteiger partial charge in [0.05, 0.1) is 12.7 Å². The summed E-state index contributed by atoms with van der Waals surface area (Å²) >= 11 is 3.42. The van der Waals surface area contributed by atoms with E-state index in [1.54, 1.807) is 26.2 Å². The lowest BCUT2D eigenvalue weighted by Gasteiger charge is -2.18. The summed E-state index contributed by atoms with van der Waals surface area (Å²) in [5.41, 5.74) is 1.90. The Hall–Kier alpha value is -2.07. The number of aromatic hydroxyl groups is 1. The quantitative estimate of drug-likeness (QED) is 0.566. The third-order valence-corrected chi connectivity index (χ3v) is 4.21. The van der Waals surface area contributed by atoms with Gasteiger partial charge in [-0.3, -0.25) is 4.79 Å². The lowest BCUT2D eigenvalue weighted by Crippen LogP contribution is -2.04. The molecule has 0 aliphatic heterocycles. The molecule has 3 nitrogen and oxygen atoms in total. The van der Waals surface area contributed by atoms with Gasteiger partial charge < -0.3 is 9.84 Å². The van der Waals surface area contributed by atoms with Crippen LogP contribution in [0, 0.1) is 0 Å². The zero-order valence-electron chi connectivity index (χ0n) is 13.2. The van der Waals surface area contributed by atoms with Gasteiger partial charge in [0.2, 0.25) is 0 Å². The third kappa shape index (κ3) is 3.64. The average Bonchev–Trinajstić information content (AvgIpc) is 2.57. The lowest BCUT2D eigenvalue weighted by molar-refractivity contribution is 0.0985. The Morgan fingerprint density at radius 3 is 2.74 bits per heavy atom. The van der Waals surface area contributed by atoms with E-state index in [0.29, 0.717) is 17.5 Å². The minimum Gasteiger partial charge on any atom is -0.507 e. The molecule has 0 amide bonds. The van der Waals surface area contributed by atoms with Crippen LogP contribution < -0.4 is 4.74 Å². The van der Waals surface area contributed by atoms with Crippen molar-refractivity contribution in [1.82, 2.24) is 0 Å². The molecule has 0 radical (unpaired) electrons. The maximum absolute atomic E-state index is 12.1. The number of hydrogen-bond acceptors (Lipinski definition) is 3. The molecule has 0 bridgehead atoms. The van der Waals surface area contributed by atoms with Gasteiger partial charge in [0.1, 0.15) is 11.5 Å². The Bertz CT molecular complexity index is 737. The second-order valence-electron chi connectivity index (χ2n) is 5.16. The van der Waals surface area contributed by atoms with E-state index in [2.05, 4.69) is 22.5 Å². The molecule has 2 aromatic carbocycles. The van der Waals surface area contributed by atoms with E-state index in [4.69, 9.17) is 4.74 Å². The number of carbonyl (C=O) groups excluding carboxylic acids is 1. The third-order valence-electron chi connectivity index (χ3n) is 3.75. The minimum absolute atomic E-state index is 0.00719. The zero-order valence-corrected chi connectivity index (χ0v) is 14.8. The van der Waals surface area contributed by atoms with Crippen LogP contribution in [0.5, 0.6) is 11.5 Å². The first-order chi connectivity index (χ1) is 11.0. The molecule has 23 heavy (non-hydrogen) atoms. The molecular weight excluding hydrogens is 356 g/mol. The predicted octanol–water partition coefficient (Wildman–Crippen LogP) is 5.07. The molecule has 0 aromatic heterocycles. The SMILES string of the molecule is C=CC(c1cccc(OC)c1)c1cc(Br)cc(C(=O)CC)c1O. The fraction of sp³-hybridized carbons (Fsp3) is 0.211. The Labute approximate surface area is 144 Å². The molecule has 4 heteroatoms. The van der Waals surface area contributed by atoms with Crippen LogP contribution in [0.4, 0.5) is 0 Å². The van der Waals surface area contributed by atoms with Gasteiger partial charge in [0.15, 0.2) is 5.78 Å². The average molecular weight is 375 g/mol. The lowest BCUT2D eigenvalue weighted by atomic mass is 9.88. The molecule has 1 unspecified atom stereocenters. The van der Waals surface area contributed by atoms with Gasteiger partial charge in [-0.05, 0) is 29.8 Å². The maximum atomic E-state index is 12.1. The van der Waals surface area contributed by atoms with E-state index in [9.17, 15) is 9.90 Å². The van der Waals surface area contributed by atoms with Crippen molar-refractivity contribution in [3.05, 3.63) is 70.2 Å². The Kier molecular flexibility index (Phi) is 5.61. The van der Waals surface area contributed by atoms with Crippen molar-refractivity contribution < 1.29 is 14.6 Å². The smallest absolute Gasteiger partial charge is 0.166 e. The number of ketones is 1. The van der Waals surface area contributed by atoms with Crippen molar-refractivity contribution in [3.8, 4) is 11.5 Å². The molecule has 2 aromatic rings. The summed E-state index contributed by atoms with van der Waals surface area (Å²) < 4.78 is 6.01. The van der Waals surface area contributed by atoms with Crippen molar-refractivity contribution >= 4 is 21.7 Å². The fourth-order valence-corrected chi connectivity index (χ4v) is 3.01. The summed E-state index contributed by atoms with van der Waals surface area (Å²) in [6, 6.07) is 11.0. The highest BCUT2D eigenvalue weighted by atomic mass is 79.9. The molecule has 0 spiro atoms. The first-order valence-corrected chi connectivity index (χ1v) is 8.13. The zero-order chi connectivity index (χ0) is 17.0. The number of allylic oxidation sites excluding steroid dienone is 1. The second kappa shape index (κ2) is 7.47. The Morgan fingerprint density at radius 2 is 2.13 bits per heavy atom. The van der Waals surface area contributed by atoms with Gasteiger partial charge in [0.25, 0.3) is 0 Å². The molecule has 0 heterocycles. The number of phenolic OH excluding ortho intramolecular Hbond substituents is 1. The number of halogens is 1. The second-order valence-corrected chi connectivity index (χ2v) is 6.07. The maximum Gasteiger partial charge on any atom is 0.166 e. The van der Waals surface area contributed by atoms with Crippen molar-refractivity contribution in [1.29, 1.82) is 0 Å². The molecule has 120 valence electrons. The number of methoxy groups -OCH3 is 1. The van der Waals surface area contributed by atoms with Crippen molar-refractivity contribution in [2.75, 3.05) is 7.11 Å². The van der Waals surface area contributed by atoms with Gasteiger partial charge in [-0.2, -0.15) is 0 Å². The van der Waals surface area contributed by atoms with E-state index in [0.717, 1.165) is 15.8 Å². The van der Waals surface area contributed by atoms with Crippen LogP contribution in [0.2, 0.25) is 0 Å². The number of hydrogen-bond donors (Lipinski definition) is 1. The van der Waals surface area contributed by atoms with Gasteiger partial charge in [-0.15, -0.1) is 6.58 Å². The van der Waals surface area contributed by atoms with E-state index in [1.165, 1.54) is 0 Å². The van der Waals surface area contributed by atoms with Crippen LogP contribution in [-0.2, 0) is 0 Å². The number of benzene rings is 2. The summed E-state index contributed by atoms with van der Waals surface area (Å²) in [5, 5.41) is 10.6. The predicted molar refractivity (Wildman–Crippen MR) is 95.5 cm³/mol. The molecule has 0 saturated heterocycles. The Morgan fingerprint density at radius 1 is 1.39 bits per heavy atom. The topological polar surface area (TPSA) is 46.5 Å². The molecule has 1 atom stereocenters. The number of carbonyl (C=O) groups is 1. The summed E-state index contributed by atoms with van der Waals surface area (Å²) in [4.78, 5) is 12.1. The van der Waals surface area contributed by atoms with E-state index >= 15 is 0 Å². The molecule has 0 saturated carbocycles. The van der Waals surface area contributed by atoms with Gasteiger partial charge >= 0.3 is 0 Å². The standard InChI is InChI=1S/C19H19BrO3/c1-4-15(12-7-6-8-14(9-12)23-3)16-10-13(20)11-17(19(16)22)18(21)5-2/h4,6-11,15,22H,1,5H2,2-3H3. The van der Waals surface area contributed by atoms with E-state index in [1.807, 2.05) is 30.3 Å².